The average Bonchev–Trinajstić information content (AvgIpc) is 2.96. The van der Waals surface area contributed by atoms with E-state index in [2.05, 4.69) is 0 Å². The highest BCUT2D eigenvalue weighted by Crippen LogP contribution is 2.29. The number of benzene rings is 1. The molecule has 1 fully saturated rings. The summed E-state index contributed by atoms with van der Waals surface area (Å²) in [6.45, 7) is 1.46. The fourth-order valence-electron chi connectivity index (χ4n) is 2.82. The number of carbonyl (C=O) groups excluding carboxylic acids is 2. The molecule has 1 unspecified atom stereocenters. The minimum Gasteiger partial charge on any atom is -0.449 e. The minimum absolute atomic E-state index is 0.134. The van der Waals surface area contributed by atoms with Gasteiger partial charge < -0.3 is 4.74 Å². The first-order valence-corrected chi connectivity index (χ1v) is 7.41. The molecular weight excluding hydrogens is 252 g/mol. The van der Waals surface area contributed by atoms with Gasteiger partial charge in [-0.1, -0.05) is 56.0 Å². The molecule has 1 aromatic rings. The van der Waals surface area contributed by atoms with Gasteiger partial charge in [0.05, 0.1) is 0 Å². The first-order chi connectivity index (χ1) is 9.66. The van der Waals surface area contributed by atoms with Crippen molar-refractivity contribution in [3.05, 3.63) is 35.9 Å². The van der Waals surface area contributed by atoms with Crippen LogP contribution in [0.15, 0.2) is 30.3 Å². The van der Waals surface area contributed by atoms with Crippen LogP contribution in [0, 0.1) is 5.92 Å². The molecule has 1 aliphatic carbocycles. The molecule has 1 aromatic carbocycles. The van der Waals surface area contributed by atoms with E-state index >= 15 is 0 Å². The average molecular weight is 274 g/mol. The molecule has 108 valence electrons. The van der Waals surface area contributed by atoms with Gasteiger partial charge in [-0.25, -0.2) is 0 Å². The summed E-state index contributed by atoms with van der Waals surface area (Å²) in [7, 11) is 0. The summed E-state index contributed by atoms with van der Waals surface area (Å²) in [5.41, 5.74) is 0.745. The maximum atomic E-state index is 11.9. The van der Waals surface area contributed by atoms with Gasteiger partial charge in [-0.2, -0.15) is 0 Å². The fraction of sp³-hybridized carbons (Fsp3) is 0.529. The minimum atomic E-state index is -0.757. The van der Waals surface area contributed by atoms with Crippen LogP contribution in [0.25, 0.3) is 0 Å². The van der Waals surface area contributed by atoms with Crippen LogP contribution in [-0.2, 0) is 14.3 Å². The lowest BCUT2D eigenvalue weighted by molar-refractivity contribution is -0.155. The number of ketones is 1. The molecule has 0 spiro atoms. The lowest BCUT2D eigenvalue weighted by atomic mass is 10.0. The number of esters is 1. The smallest absolute Gasteiger partial charge is 0.306 e. The van der Waals surface area contributed by atoms with Gasteiger partial charge >= 0.3 is 5.97 Å². The van der Waals surface area contributed by atoms with Crippen molar-refractivity contribution in [2.24, 2.45) is 5.92 Å². The van der Waals surface area contributed by atoms with E-state index < -0.39 is 6.10 Å². The van der Waals surface area contributed by atoms with Crippen molar-refractivity contribution in [1.29, 1.82) is 0 Å². The molecule has 0 aliphatic heterocycles. The second-order valence-corrected chi connectivity index (χ2v) is 5.58. The van der Waals surface area contributed by atoms with Gasteiger partial charge in [0.2, 0.25) is 0 Å². The Morgan fingerprint density at radius 2 is 1.85 bits per heavy atom. The van der Waals surface area contributed by atoms with Crippen molar-refractivity contribution in [3.8, 4) is 0 Å². The first kappa shape index (κ1) is 14.8. The summed E-state index contributed by atoms with van der Waals surface area (Å²) < 4.78 is 5.37. The van der Waals surface area contributed by atoms with E-state index in [9.17, 15) is 9.59 Å². The molecule has 0 saturated heterocycles. The summed E-state index contributed by atoms with van der Waals surface area (Å²) in [4.78, 5) is 23.6. The largest absolute Gasteiger partial charge is 0.449 e. The van der Waals surface area contributed by atoms with Crippen LogP contribution < -0.4 is 0 Å². The number of ether oxygens (including phenoxy) is 1. The van der Waals surface area contributed by atoms with E-state index in [0.717, 1.165) is 12.0 Å². The van der Waals surface area contributed by atoms with E-state index in [1.54, 1.807) is 0 Å². The van der Waals surface area contributed by atoms with Crippen molar-refractivity contribution < 1.29 is 14.3 Å². The van der Waals surface area contributed by atoms with Crippen molar-refractivity contribution in [2.75, 3.05) is 0 Å². The van der Waals surface area contributed by atoms with Gasteiger partial charge in [0, 0.05) is 6.42 Å². The molecule has 0 radical (unpaired) electrons. The van der Waals surface area contributed by atoms with Crippen molar-refractivity contribution in [2.45, 2.75) is 51.6 Å². The summed E-state index contributed by atoms with van der Waals surface area (Å²) >= 11 is 0. The number of hydrogen-bond donors (Lipinski definition) is 0. The van der Waals surface area contributed by atoms with Gasteiger partial charge in [0.25, 0.3) is 0 Å². The molecule has 1 atom stereocenters. The molecule has 20 heavy (non-hydrogen) atoms. The number of carbonyl (C=O) groups is 2. The van der Waals surface area contributed by atoms with Crippen LogP contribution in [0.1, 0.15) is 57.1 Å². The molecule has 1 saturated carbocycles. The summed E-state index contributed by atoms with van der Waals surface area (Å²) in [6.07, 6.45) is 5.55. The van der Waals surface area contributed by atoms with E-state index in [-0.39, 0.29) is 11.8 Å². The zero-order valence-corrected chi connectivity index (χ0v) is 12.0. The lowest BCUT2D eigenvalue weighted by Crippen LogP contribution is -2.18. The monoisotopic (exact) mass is 274 g/mol. The van der Waals surface area contributed by atoms with E-state index in [0.29, 0.717) is 12.3 Å². The summed E-state index contributed by atoms with van der Waals surface area (Å²) in [6, 6.07) is 9.20. The van der Waals surface area contributed by atoms with Crippen molar-refractivity contribution >= 4 is 11.8 Å². The van der Waals surface area contributed by atoms with Gasteiger partial charge in [-0.05, 0) is 24.8 Å². The van der Waals surface area contributed by atoms with E-state index in [4.69, 9.17) is 4.74 Å². The molecule has 3 nitrogen and oxygen atoms in total. The number of hydrogen-bond acceptors (Lipinski definition) is 3. The van der Waals surface area contributed by atoms with Crippen molar-refractivity contribution in [3.63, 3.8) is 0 Å². The molecule has 3 heteroatoms. The Kier molecular flexibility index (Phi) is 5.33. The van der Waals surface area contributed by atoms with Crippen LogP contribution in [0.3, 0.4) is 0 Å². The maximum absolute atomic E-state index is 11.9. The van der Waals surface area contributed by atoms with Crippen LogP contribution in [0.4, 0.5) is 0 Å². The quantitative estimate of drug-likeness (QED) is 0.740. The van der Waals surface area contributed by atoms with Crippen LogP contribution in [0.5, 0.6) is 0 Å². The van der Waals surface area contributed by atoms with Crippen LogP contribution in [0.2, 0.25) is 0 Å². The normalized spacial score (nSPS) is 16.9. The molecule has 0 N–H and O–H groups in total. The Bertz CT molecular complexity index is 447. The standard InChI is InChI=1S/C17H22O3/c1-13(18)17(15-9-3-2-4-10-15)20-16(19)12-11-14-7-5-6-8-14/h2-4,9-10,14,17H,5-8,11-12H2,1H3. The number of Topliss-reactive ketones (excluding diaryl/α,β-unsaturated/α-hetero) is 1. The topological polar surface area (TPSA) is 43.4 Å². The maximum Gasteiger partial charge on any atom is 0.306 e. The predicted octanol–water partition coefficient (Wildman–Crippen LogP) is 3.83. The van der Waals surface area contributed by atoms with Gasteiger partial charge in [-0.3, -0.25) is 9.59 Å². The highest BCUT2D eigenvalue weighted by Gasteiger charge is 2.22. The van der Waals surface area contributed by atoms with Gasteiger partial charge in [0.1, 0.15) is 0 Å². The highest BCUT2D eigenvalue weighted by molar-refractivity contribution is 5.84. The van der Waals surface area contributed by atoms with Gasteiger partial charge in [0.15, 0.2) is 11.9 Å². The third-order valence-corrected chi connectivity index (χ3v) is 3.95. The third-order valence-electron chi connectivity index (χ3n) is 3.95. The van der Waals surface area contributed by atoms with Crippen molar-refractivity contribution in [1.82, 2.24) is 0 Å². The third kappa shape index (κ3) is 4.19. The Hall–Kier alpha value is -1.64. The summed E-state index contributed by atoms with van der Waals surface area (Å²) in [5, 5.41) is 0. The SMILES string of the molecule is CC(=O)C(OC(=O)CCC1CCCC1)c1ccccc1. The molecule has 0 heterocycles. The van der Waals surface area contributed by atoms with E-state index in [1.807, 2.05) is 30.3 Å². The zero-order valence-electron chi connectivity index (χ0n) is 12.0. The predicted molar refractivity (Wildman–Crippen MR) is 77.1 cm³/mol. The van der Waals surface area contributed by atoms with Crippen LogP contribution >= 0.6 is 0 Å². The molecule has 0 aromatic heterocycles. The number of rotatable bonds is 6. The zero-order chi connectivity index (χ0) is 14.4. The Balaban J connectivity index is 1.87. The highest BCUT2D eigenvalue weighted by atomic mass is 16.5. The second-order valence-electron chi connectivity index (χ2n) is 5.58. The first-order valence-electron chi connectivity index (χ1n) is 7.41. The van der Waals surface area contributed by atoms with E-state index in [1.165, 1.54) is 32.6 Å². The van der Waals surface area contributed by atoms with Gasteiger partial charge in [-0.15, -0.1) is 0 Å². The fourth-order valence-corrected chi connectivity index (χ4v) is 2.82. The second kappa shape index (κ2) is 7.22. The Morgan fingerprint density at radius 1 is 1.20 bits per heavy atom. The lowest BCUT2D eigenvalue weighted by Gasteiger charge is -2.16. The molecule has 0 bridgehead atoms. The Morgan fingerprint density at radius 3 is 2.45 bits per heavy atom. The summed E-state index contributed by atoms with van der Waals surface area (Å²) in [5.74, 6) is 0.265. The van der Waals surface area contributed by atoms with Crippen LogP contribution in [-0.4, -0.2) is 11.8 Å². The molecule has 2 rings (SSSR count). The molecular formula is C17H22O3. The Labute approximate surface area is 120 Å². The molecule has 1 aliphatic rings. The molecule has 0 amide bonds.